The number of hydrogen-bond donors (Lipinski definition) is 0. The molecule has 0 aliphatic carbocycles. The smallest absolute Gasteiger partial charge is 0.0669 e. The van der Waals surface area contributed by atoms with Gasteiger partial charge in [0.25, 0.3) is 0 Å². The Morgan fingerprint density at radius 2 is 1.73 bits per heavy atom. The van der Waals surface area contributed by atoms with Crippen molar-refractivity contribution < 1.29 is 0 Å². The summed E-state index contributed by atoms with van der Waals surface area (Å²) in [6.07, 6.45) is 2.81. The van der Waals surface area contributed by atoms with Gasteiger partial charge in [0.15, 0.2) is 0 Å². The Labute approximate surface area is 92.1 Å². The Morgan fingerprint density at radius 1 is 1.13 bits per heavy atom. The maximum atomic E-state index is 8.54. The second-order valence-corrected chi connectivity index (χ2v) is 4.06. The van der Waals surface area contributed by atoms with Crippen molar-refractivity contribution in [1.82, 2.24) is 4.90 Å². The first-order chi connectivity index (χ1) is 7.22. The van der Waals surface area contributed by atoms with Gasteiger partial charge in [-0.15, -0.1) is 0 Å². The number of hydrogen-bond acceptors (Lipinski definition) is 2. The molecule has 0 radical (unpaired) electrons. The van der Waals surface area contributed by atoms with Crippen LogP contribution in [0.5, 0.6) is 0 Å². The maximum Gasteiger partial charge on any atom is 0.0669 e. The first-order valence-electron chi connectivity index (χ1n) is 5.32. The van der Waals surface area contributed by atoms with Gasteiger partial charge in [-0.2, -0.15) is 5.26 Å². The van der Waals surface area contributed by atoms with Crippen molar-refractivity contribution in [2.24, 2.45) is 0 Å². The van der Waals surface area contributed by atoms with Gasteiger partial charge in [-0.3, -0.25) is 0 Å². The fraction of sp³-hybridized carbons (Fsp3) is 0.462. The minimum Gasteiger partial charge on any atom is -0.309 e. The van der Waals surface area contributed by atoms with Crippen molar-refractivity contribution in [3.8, 4) is 6.07 Å². The zero-order valence-corrected chi connectivity index (χ0v) is 9.53. The van der Waals surface area contributed by atoms with Gasteiger partial charge >= 0.3 is 0 Å². The Bertz CT molecular complexity index is 319. The molecule has 2 nitrogen and oxygen atoms in total. The molecular weight excluding hydrogens is 184 g/mol. The van der Waals surface area contributed by atoms with Crippen molar-refractivity contribution in [2.45, 2.75) is 19.3 Å². The summed E-state index contributed by atoms with van der Waals surface area (Å²) in [6, 6.07) is 10.5. The van der Waals surface area contributed by atoms with Crippen molar-refractivity contribution in [3.63, 3.8) is 0 Å². The number of nitriles is 1. The predicted molar refractivity (Wildman–Crippen MR) is 62.6 cm³/mol. The third kappa shape index (κ3) is 4.62. The molecule has 0 saturated carbocycles. The maximum absolute atomic E-state index is 8.54. The van der Waals surface area contributed by atoms with E-state index in [9.17, 15) is 0 Å². The second kappa shape index (κ2) is 6.21. The molecule has 80 valence electrons. The zero-order chi connectivity index (χ0) is 11.1. The molecule has 0 saturated heterocycles. The molecule has 1 aromatic carbocycles. The summed E-state index contributed by atoms with van der Waals surface area (Å²) in [5, 5.41) is 8.54. The summed E-state index contributed by atoms with van der Waals surface area (Å²) in [5.74, 6) is 0. The molecule has 0 unspecified atom stereocenters. The van der Waals surface area contributed by atoms with Crippen molar-refractivity contribution in [2.75, 3.05) is 20.6 Å². The highest BCUT2D eigenvalue weighted by atomic mass is 15.0. The molecule has 0 bridgehead atoms. The minimum atomic E-state index is 0.512. The molecule has 1 aromatic rings. The summed E-state index contributed by atoms with van der Waals surface area (Å²) in [7, 11) is 4.19. The van der Waals surface area contributed by atoms with Crippen LogP contribution in [0.3, 0.4) is 0 Å². The van der Waals surface area contributed by atoms with E-state index < -0.39 is 0 Å². The van der Waals surface area contributed by atoms with Crippen LogP contribution in [0.15, 0.2) is 24.3 Å². The normalized spacial score (nSPS) is 10.3. The van der Waals surface area contributed by atoms with Gasteiger partial charge in [0.2, 0.25) is 0 Å². The molecule has 2 heteroatoms. The monoisotopic (exact) mass is 202 g/mol. The SMILES string of the molecule is CN(C)CCCc1ccc(CC#N)cc1. The van der Waals surface area contributed by atoms with Gasteiger partial charge in [-0.05, 0) is 44.6 Å². The summed E-state index contributed by atoms with van der Waals surface area (Å²) < 4.78 is 0. The summed E-state index contributed by atoms with van der Waals surface area (Å²) in [5.41, 5.74) is 2.47. The summed E-state index contributed by atoms with van der Waals surface area (Å²) in [4.78, 5) is 2.20. The molecule has 0 fully saturated rings. The van der Waals surface area contributed by atoms with Gasteiger partial charge in [0.1, 0.15) is 0 Å². The van der Waals surface area contributed by atoms with Crippen LogP contribution in [0.25, 0.3) is 0 Å². The van der Waals surface area contributed by atoms with E-state index in [-0.39, 0.29) is 0 Å². The lowest BCUT2D eigenvalue weighted by Gasteiger charge is -2.08. The highest BCUT2D eigenvalue weighted by molar-refractivity contribution is 5.24. The quantitative estimate of drug-likeness (QED) is 0.732. The lowest BCUT2D eigenvalue weighted by atomic mass is 10.1. The first kappa shape index (κ1) is 11.7. The molecule has 0 spiro atoms. The Kier molecular flexibility index (Phi) is 4.86. The number of rotatable bonds is 5. The fourth-order valence-corrected chi connectivity index (χ4v) is 1.51. The molecule has 0 amide bonds. The van der Waals surface area contributed by atoms with Gasteiger partial charge in [-0.25, -0.2) is 0 Å². The van der Waals surface area contributed by atoms with Crippen molar-refractivity contribution in [3.05, 3.63) is 35.4 Å². The van der Waals surface area contributed by atoms with E-state index >= 15 is 0 Å². The number of aryl methyl sites for hydroxylation is 1. The highest BCUT2D eigenvalue weighted by Crippen LogP contribution is 2.07. The van der Waals surface area contributed by atoms with Gasteiger partial charge in [0.05, 0.1) is 12.5 Å². The van der Waals surface area contributed by atoms with E-state index in [2.05, 4.69) is 37.2 Å². The average Bonchev–Trinajstić information content (AvgIpc) is 2.20. The van der Waals surface area contributed by atoms with Crippen LogP contribution in [0.2, 0.25) is 0 Å². The van der Waals surface area contributed by atoms with E-state index in [1.165, 1.54) is 12.0 Å². The molecule has 0 atom stereocenters. The van der Waals surface area contributed by atoms with Crippen LogP contribution >= 0.6 is 0 Å². The third-order valence-corrected chi connectivity index (χ3v) is 2.38. The zero-order valence-electron chi connectivity index (χ0n) is 9.53. The number of nitrogens with zero attached hydrogens (tertiary/aromatic N) is 2. The molecule has 0 aromatic heterocycles. The van der Waals surface area contributed by atoms with Gasteiger partial charge < -0.3 is 4.90 Å². The molecule has 0 aliphatic heterocycles. The van der Waals surface area contributed by atoms with Crippen LogP contribution in [0, 0.1) is 11.3 Å². The lowest BCUT2D eigenvalue weighted by Crippen LogP contribution is -2.13. The van der Waals surface area contributed by atoms with E-state index in [1.54, 1.807) is 0 Å². The van der Waals surface area contributed by atoms with Crippen LogP contribution in [-0.2, 0) is 12.8 Å². The predicted octanol–water partition coefficient (Wildman–Crippen LogP) is 2.25. The van der Waals surface area contributed by atoms with Gasteiger partial charge in [-0.1, -0.05) is 24.3 Å². The molecule has 1 rings (SSSR count). The molecule has 0 heterocycles. The standard InChI is InChI=1S/C13H18N2/c1-15(2)11-3-4-12-5-7-13(8-6-12)9-10-14/h5-8H,3-4,9,11H2,1-2H3. The summed E-state index contributed by atoms with van der Waals surface area (Å²) in [6.45, 7) is 1.12. The largest absolute Gasteiger partial charge is 0.309 e. The van der Waals surface area contributed by atoms with Crippen LogP contribution in [0.4, 0.5) is 0 Å². The Morgan fingerprint density at radius 3 is 2.27 bits per heavy atom. The Balaban J connectivity index is 2.40. The second-order valence-electron chi connectivity index (χ2n) is 4.06. The van der Waals surface area contributed by atoms with E-state index in [0.717, 1.165) is 18.5 Å². The van der Waals surface area contributed by atoms with Crippen molar-refractivity contribution in [1.29, 1.82) is 5.26 Å². The fourth-order valence-electron chi connectivity index (χ4n) is 1.51. The van der Waals surface area contributed by atoms with Crippen LogP contribution in [0.1, 0.15) is 17.5 Å². The van der Waals surface area contributed by atoms with Crippen LogP contribution in [-0.4, -0.2) is 25.5 Å². The molecule has 15 heavy (non-hydrogen) atoms. The number of benzene rings is 1. The minimum absolute atomic E-state index is 0.512. The van der Waals surface area contributed by atoms with Gasteiger partial charge in [0, 0.05) is 0 Å². The topological polar surface area (TPSA) is 27.0 Å². The van der Waals surface area contributed by atoms with E-state index in [0.29, 0.717) is 6.42 Å². The Hall–Kier alpha value is -1.33. The highest BCUT2D eigenvalue weighted by Gasteiger charge is 1.95. The van der Waals surface area contributed by atoms with Crippen LogP contribution < -0.4 is 0 Å². The molecule has 0 aliphatic rings. The average molecular weight is 202 g/mol. The first-order valence-corrected chi connectivity index (χ1v) is 5.32. The summed E-state index contributed by atoms with van der Waals surface area (Å²) >= 11 is 0. The molecular formula is C13H18N2. The van der Waals surface area contributed by atoms with Crippen molar-refractivity contribution >= 4 is 0 Å². The molecule has 0 N–H and O–H groups in total. The van der Waals surface area contributed by atoms with E-state index in [4.69, 9.17) is 5.26 Å². The lowest BCUT2D eigenvalue weighted by molar-refractivity contribution is 0.400. The van der Waals surface area contributed by atoms with E-state index in [1.807, 2.05) is 12.1 Å². The third-order valence-electron chi connectivity index (χ3n) is 2.38.